The molecule has 1 heterocycles. The van der Waals surface area contributed by atoms with Gasteiger partial charge in [0.15, 0.2) is 0 Å². The van der Waals surface area contributed by atoms with E-state index in [-0.39, 0.29) is 6.03 Å². The average molecular weight is 359 g/mol. The third-order valence-electron chi connectivity index (χ3n) is 5.77. The highest BCUT2D eigenvalue weighted by molar-refractivity contribution is 5.74. The van der Waals surface area contributed by atoms with E-state index in [2.05, 4.69) is 52.5 Å². The monoisotopic (exact) mass is 358 g/mol. The Morgan fingerprint density at radius 1 is 1.08 bits per heavy atom. The first kappa shape index (κ1) is 19.2. The zero-order valence-corrected chi connectivity index (χ0v) is 16.3. The van der Waals surface area contributed by atoms with Crippen LogP contribution in [0.2, 0.25) is 0 Å². The van der Waals surface area contributed by atoms with E-state index in [9.17, 15) is 4.79 Å². The maximum atomic E-state index is 12.3. The number of piperidine rings is 1. The molecule has 0 bridgehead atoms. The molecule has 1 aromatic rings. The van der Waals surface area contributed by atoms with E-state index in [0.717, 1.165) is 51.6 Å². The van der Waals surface area contributed by atoms with Gasteiger partial charge in [0, 0.05) is 38.3 Å². The fourth-order valence-corrected chi connectivity index (χ4v) is 3.83. The lowest BCUT2D eigenvalue weighted by Crippen LogP contribution is -2.48. The number of likely N-dealkylation sites (tertiary alicyclic amines) is 1. The van der Waals surface area contributed by atoms with Crippen LogP contribution in [0, 0.1) is 0 Å². The maximum Gasteiger partial charge on any atom is 0.315 e. The number of urea groups is 1. The van der Waals surface area contributed by atoms with Crippen LogP contribution in [0.5, 0.6) is 0 Å². The van der Waals surface area contributed by atoms with Crippen molar-refractivity contribution in [2.24, 2.45) is 0 Å². The SMILES string of the molecule is CCN(CC)Cc1ccccc1CNC(=O)NC1CCN(C2CC2)CC1. The number of hydrogen-bond donors (Lipinski definition) is 2. The molecular weight excluding hydrogens is 324 g/mol. The van der Waals surface area contributed by atoms with Crippen molar-refractivity contribution in [2.75, 3.05) is 26.2 Å². The number of nitrogens with one attached hydrogen (secondary N) is 2. The first-order valence-electron chi connectivity index (χ1n) is 10.3. The summed E-state index contributed by atoms with van der Waals surface area (Å²) in [5, 5.41) is 6.22. The minimum atomic E-state index is -0.0347. The Kier molecular flexibility index (Phi) is 6.92. The molecular formula is C21H34N4O. The number of carbonyl (C=O) groups is 1. The predicted molar refractivity (Wildman–Crippen MR) is 106 cm³/mol. The summed E-state index contributed by atoms with van der Waals surface area (Å²) in [5.74, 6) is 0. The normalized spacial score (nSPS) is 18.9. The van der Waals surface area contributed by atoms with E-state index < -0.39 is 0 Å². The first-order chi connectivity index (χ1) is 12.7. The zero-order valence-electron chi connectivity index (χ0n) is 16.3. The third-order valence-corrected chi connectivity index (χ3v) is 5.77. The van der Waals surface area contributed by atoms with Crippen molar-refractivity contribution in [1.82, 2.24) is 20.4 Å². The number of amides is 2. The Morgan fingerprint density at radius 3 is 2.35 bits per heavy atom. The van der Waals surface area contributed by atoms with Gasteiger partial charge in [-0.05, 0) is 49.9 Å². The molecule has 2 fully saturated rings. The van der Waals surface area contributed by atoms with Crippen LogP contribution < -0.4 is 10.6 Å². The molecule has 0 radical (unpaired) electrons. The molecule has 3 rings (SSSR count). The van der Waals surface area contributed by atoms with Gasteiger partial charge in [0.05, 0.1) is 0 Å². The maximum absolute atomic E-state index is 12.3. The molecule has 0 aromatic heterocycles. The fraction of sp³-hybridized carbons (Fsp3) is 0.667. The Bertz CT molecular complexity index is 575. The summed E-state index contributed by atoms with van der Waals surface area (Å²) in [7, 11) is 0. The van der Waals surface area contributed by atoms with Crippen molar-refractivity contribution in [1.29, 1.82) is 0 Å². The molecule has 2 aliphatic rings. The smallest absolute Gasteiger partial charge is 0.315 e. The molecule has 2 amide bonds. The zero-order chi connectivity index (χ0) is 18.4. The quantitative estimate of drug-likeness (QED) is 0.751. The molecule has 5 heteroatoms. The summed E-state index contributed by atoms with van der Waals surface area (Å²) in [6.45, 7) is 10.2. The number of hydrogen-bond acceptors (Lipinski definition) is 3. The van der Waals surface area contributed by atoms with Gasteiger partial charge in [0.25, 0.3) is 0 Å². The molecule has 26 heavy (non-hydrogen) atoms. The molecule has 1 saturated carbocycles. The number of carbonyl (C=O) groups excluding carboxylic acids is 1. The summed E-state index contributed by atoms with van der Waals surface area (Å²) in [4.78, 5) is 17.3. The first-order valence-corrected chi connectivity index (χ1v) is 10.3. The summed E-state index contributed by atoms with van der Waals surface area (Å²) in [5.41, 5.74) is 2.51. The summed E-state index contributed by atoms with van der Waals surface area (Å²) >= 11 is 0. The second-order valence-electron chi connectivity index (χ2n) is 7.60. The Morgan fingerprint density at radius 2 is 1.73 bits per heavy atom. The Balaban J connectivity index is 1.44. The van der Waals surface area contributed by atoms with E-state index in [0.29, 0.717) is 12.6 Å². The van der Waals surface area contributed by atoms with Crippen LogP contribution >= 0.6 is 0 Å². The van der Waals surface area contributed by atoms with Crippen molar-refractivity contribution in [3.63, 3.8) is 0 Å². The van der Waals surface area contributed by atoms with Gasteiger partial charge in [0.1, 0.15) is 0 Å². The van der Waals surface area contributed by atoms with Gasteiger partial charge in [-0.1, -0.05) is 38.1 Å². The molecule has 2 N–H and O–H groups in total. The minimum Gasteiger partial charge on any atom is -0.335 e. The van der Waals surface area contributed by atoms with Gasteiger partial charge >= 0.3 is 6.03 Å². The van der Waals surface area contributed by atoms with Crippen molar-refractivity contribution in [3.05, 3.63) is 35.4 Å². The van der Waals surface area contributed by atoms with Crippen molar-refractivity contribution in [3.8, 4) is 0 Å². The molecule has 0 unspecified atom stereocenters. The minimum absolute atomic E-state index is 0.0347. The van der Waals surface area contributed by atoms with Gasteiger partial charge in [0.2, 0.25) is 0 Å². The Hall–Kier alpha value is -1.59. The van der Waals surface area contributed by atoms with Crippen molar-refractivity contribution < 1.29 is 4.79 Å². The average Bonchev–Trinajstić information content (AvgIpc) is 3.51. The molecule has 5 nitrogen and oxygen atoms in total. The summed E-state index contributed by atoms with van der Waals surface area (Å²) < 4.78 is 0. The van der Waals surface area contributed by atoms with E-state index in [1.54, 1.807) is 0 Å². The lowest BCUT2D eigenvalue weighted by Gasteiger charge is -2.32. The topological polar surface area (TPSA) is 47.6 Å². The molecule has 0 atom stereocenters. The third kappa shape index (κ3) is 5.45. The Labute approximate surface area is 158 Å². The predicted octanol–water partition coefficient (Wildman–Crippen LogP) is 2.95. The lowest BCUT2D eigenvalue weighted by atomic mass is 10.1. The van der Waals surface area contributed by atoms with Gasteiger partial charge in [-0.15, -0.1) is 0 Å². The summed E-state index contributed by atoms with van der Waals surface area (Å²) in [6.07, 6.45) is 4.88. The molecule has 1 aromatic carbocycles. The van der Waals surface area contributed by atoms with Crippen LogP contribution in [0.25, 0.3) is 0 Å². The van der Waals surface area contributed by atoms with Crippen LogP contribution in [0.15, 0.2) is 24.3 Å². The van der Waals surface area contributed by atoms with Crippen LogP contribution in [0.4, 0.5) is 4.79 Å². The highest BCUT2D eigenvalue weighted by Gasteiger charge is 2.32. The van der Waals surface area contributed by atoms with E-state index in [1.807, 2.05) is 6.07 Å². The van der Waals surface area contributed by atoms with Gasteiger partial charge in [-0.3, -0.25) is 4.90 Å². The van der Waals surface area contributed by atoms with Crippen molar-refractivity contribution >= 4 is 6.03 Å². The highest BCUT2D eigenvalue weighted by Crippen LogP contribution is 2.29. The van der Waals surface area contributed by atoms with Crippen LogP contribution in [0.3, 0.4) is 0 Å². The van der Waals surface area contributed by atoms with Gasteiger partial charge < -0.3 is 15.5 Å². The molecule has 0 spiro atoms. The van der Waals surface area contributed by atoms with E-state index in [4.69, 9.17) is 0 Å². The lowest BCUT2D eigenvalue weighted by molar-refractivity contribution is 0.186. The second-order valence-corrected chi connectivity index (χ2v) is 7.60. The molecule has 144 valence electrons. The standard InChI is InChI=1S/C21H34N4O/c1-3-24(4-2)16-18-8-6-5-7-17(18)15-22-21(26)23-19-11-13-25(14-12-19)20-9-10-20/h5-8,19-20H,3-4,9-16H2,1-2H3,(H2,22,23,26). The number of benzene rings is 1. The van der Waals surface area contributed by atoms with Crippen LogP contribution in [-0.4, -0.2) is 54.1 Å². The van der Waals surface area contributed by atoms with E-state index in [1.165, 1.54) is 24.0 Å². The van der Waals surface area contributed by atoms with Crippen molar-refractivity contribution in [2.45, 2.75) is 64.7 Å². The fourth-order valence-electron chi connectivity index (χ4n) is 3.83. The molecule has 1 aliphatic heterocycles. The highest BCUT2D eigenvalue weighted by atomic mass is 16.2. The van der Waals surface area contributed by atoms with Gasteiger partial charge in [-0.2, -0.15) is 0 Å². The summed E-state index contributed by atoms with van der Waals surface area (Å²) in [6, 6.07) is 9.54. The van der Waals surface area contributed by atoms with E-state index >= 15 is 0 Å². The largest absolute Gasteiger partial charge is 0.335 e. The van der Waals surface area contributed by atoms with Crippen LogP contribution in [-0.2, 0) is 13.1 Å². The van der Waals surface area contributed by atoms with Crippen LogP contribution in [0.1, 0.15) is 50.7 Å². The second kappa shape index (κ2) is 9.38. The molecule has 1 aliphatic carbocycles. The number of rotatable bonds is 8. The number of nitrogens with zero attached hydrogens (tertiary/aromatic N) is 2. The van der Waals surface area contributed by atoms with Gasteiger partial charge in [-0.25, -0.2) is 4.79 Å². The molecule has 1 saturated heterocycles.